The maximum absolute atomic E-state index is 13.7. The lowest BCUT2D eigenvalue weighted by molar-refractivity contribution is -0.138. The number of aromatic nitrogens is 2. The fourth-order valence-corrected chi connectivity index (χ4v) is 6.76. The minimum absolute atomic E-state index is 0.0437. The first-order valence-electron chi connectivity index (χ1n) is 16.9. The van der Waals surface area contributed by atoms with Gasteiger partial charge in [0.1, 0.15) is 17.8 Å². The second-order valence-electron chi connectivity index (χ2n) is 12.7. The van der Waals surface area contributed by atoms with Gasteiger partial charge in [-0.25, -0.2) is 0 Å². The number of anilines is 1. The number of amides is 4. The molecule has 256 valence electrons. The molecule has 2 heterocycles. The third kappa shape index (κ3) is 9.23. The Morgan fingerprint density at radius 1 is 0.917 bits per heavy atom. The summed E-state index contributed by atoms with van der Waals surface area (Å²) in [5, 5.41) is 13.7. The Hall–Kier alpha value is -4.22. The van der Waals surface area contributed by atoms with Crippen LogP contribution in [0.5, 0.6) is 0 Å². The second kappa shape index (κ2) is 16.7. The Morgan fingerprint density at radius 3 is 2.27 bits per heavy atom. The van der Waals surface area contributed by atoms with E-state index in [0.29, 0.717) is 44.0 Å². The molecule has 1 saturated heterocycles. The number of carbonyl (C=O) groups excluding carboxylic acids is 4. The highest BCUT2D eigenvalue weighted by Crippen LogP contribution is 2.28. The molecule has 11 nitrogen and oxygen atoms in total. The van der Waals surface area contributed by atoms with Crippen LogP contribution in [-0.4, -0.2) is 81.5 Å². The van der Waals surface area contributed by atoms with Gasteiger partial charge >= 0.3 is 0 Å². The molecule has 2 aromatic carbocycles. The molecule has 48 heavy (non-hydrogen) atoms. The van der Waals surface area contributed by atoms with E-state index < -0.39 is 12.1 Å². The third-order valence-corrected chi connectivity index (χ3v) is 9.76. The van der Waals surface area contributed by atoms with Crippen LogP contribution >= 0.6 is 11.6 Å². The number of hydrogen-bond acceptors (Lipinski definition) is 6. The zero-order valence-electron chi connectivity index (χ0n) is 27.8. The molecule has 4 amide bonds. The number of aryl methyl sites for hydroxylation is 1. The zero-order chi connectivity index (χ0) is 34.0. The minimum atomic E-state index is -0.703. The van der Waals surface area contributed by atoms with E-state index in [1.54, 1.807) is 38.4 Å². The predicted octanol–water partition coefficient (Wildman–Crippen LogP) is 4.17. The Labute approximate surface area is 287 Å². The standard InChI is InChI=1S/C36H46ClN7O4/c1-3-32(45)40-30(36(48)44-21-19-43(20-22-44)24-27-11-7-8-12-29(27)37)23-25-13-15-28(16-14-25)39-35(47)33(26-9-5-4-6-10-26)41-34(46)31-17-18-38-42(31)2/h7-8,11-18,26,30,33H,3-6,9-10,19-24H2,1-2H3,(H,39,47)(H,40,45)(H,41,46)/t30?,33-/m0/s1. The monoisotopic (exact) mass is 675 g/mol. The summed E-state index contributed by atoms with van der Waals surface area (Å²) in [6, 6.07) is 15.4. The normalized spacial score (nSPS) is 16.9. The predicted molar refractivity (Wildman–Crippen MR) is 185 cm³/mol. The number of piperazine rings is 1. The molecule has 5 rings (SSSR count). The van der Waals surface area contributed by atoms with Gasteiger partial charge in [0.2, 0.25) is 17.7 Å². The van der Waals surface area contributed by atoms with Gasteiger partial charge in [0.15, 0.2) is 0 Å². The molecule has 0 radical (unpaired) electrons. The lowest BCUT2D eigenvalue weighted by atomic mass is 9.83. The average Bonchev–Trinajstić information content (AvgIpc) is 3.54. The van der Waals surface area contributed by atoms with Crippen molar-refractivity contribution >= 4 is 40.9 Å². The lowest BCUT2D eigenvalue weighted by Gasteiger charge is -2.36. The van der Waals surface area contributed by atoms with Crippen LogP contribution in [0.25, 0.3) is 0 Å². The van der Waals surface area contributed by atoms with Crippen LogP contribution in [0.4, 0.5) is 5.69 Å². The first kappa shape index (κ1) is 35.1. The van der Waals surface area contributed by atoms with E-state index in [1.165, 1.54) is 4.68 Å². The highest BCUT2D eigenvalue weighted by atomic mass is 35.5. The van der Waals surface area contributed by atoms with Crippen LogP contribution in [0.2, 0.25) is 5.02 Å². The third-order valence-electron chi connectivity index (χ3n) is 9.40. The SMILES string of the molecule is CCC(=O)NC(Cc1ccc(NC(=O)[C@@H](NC(=O)c2ccnn2C)C2CCCCC2)cc1)C(=O)N1CCN(Cc2ccccc2Cl)CC1. The molecule has 1 saturated carbocycles. The largest absolute Gasteiger partial charge is 0.344 e. The fourth-order valence-electron chi connectivity index (χ4n) is 6.57. The summed E-state index contributed by atoms with van der Waals surface area (Å²) in [6.07, 6.45) is 7.08. The molecule has 1 aliphatic heterocycles. The van der Waals surface area contributed by atoms with E-state index in [0.717, 1.165) is 54.8 Å². The van der Waals surface area contributed by atoms with E-state index in [4.69, 9.17) is 11.6 Å². The van der Waals surface area contributed by atoms with Crippen LogP contribution in [0.1, 0.15) is 67.1 Å². The van der Waals surface area contributed by atoms with E-state index in [9.17, 15) is 19.2 Å². The van der Waals surface area contributed by atoms with Crippen molar-refractivity contribution in [1.82, 2.24) is 30.2 Å². The molecule has 2 atom stereocenters. The van der Waals surface area contributed by atoms with Gasteiger partial charge in [0.25, 0.3) is 5.91 Å². The summed E-state index contributed by atoms with van der Waals surface area (Å²) < 4.78 is 1.49. The van der Waals surface area contributed by atoms with Gasteiger partial charge in [-0.3, -0.25) is 28.8 Å². The van der Waals surface area contributed by atoms with Crippen LogP contribution in [-0.2, 0) is 34.4 Å². The molecule has 12 heteroatoms. The number of benzene rings is 2. The van der Waals surface area contributed by atoms with Crippen LogP contribution in [0.15, 0.2) is 60.8 Å². The van der Waals surface area contributed by atoms with Gasteiger partial charge in [-0.2, -0.15) is 5.10 Å². The topological polar surface area (TPSA) is 129 Å². The summed E-state index contributed by atoms with van der Waals surface area (Å²) in [4.78, 5) is 56.8. The summed E-state index contributed by atoms with van der Waals surface area (Å²) in [5.41, 5.74) is 2.90. The molecule has 2 fully saturated rings. The number of nitrogens with one attached hydrogen (secondary N) is 3. The lowest BCUT2D eigenvalue weighted by Crippen LogP contribution is -2.55. The van der Waals surface area contributed by atoms with E-state index in [2.05, 4.69) is 25.9 Å². The highest BCUT2D eigenvalue weighted by Gasteiger charge is 2.32. The Morgan fingerprint density at radius 2 is 1.62 bits per heavy atom. The van der Waals surface area contributed by atoms with Crippen molar-refractivity contribution < 1.29 is 19.2 Å². The van der Waals surface area contributed by atoms with E-state index in [1.807, 2.05) is 41.3 Å². The fraction of sp³-hybridized carbons (Fsp3) is 0.472. The molecule has 1 aliphatic carbocycles. The summed E-state index contributed by atoms with van der Waals surface area (Å²) in [5.74, 6) is -0.838. The number of carbonyl (C=O) groups is 4. The molecular weight excluding hydrogens is 630 g/mol. The van der Waals surface area contributed by atoms with E-state index in [-0.39, 0.29) is 36.0 Å². The minimum Gasteiger partial charge on any atom is -0.344 e. The van der Waals surface area contributed by atoms with Gasteiger partial charge in [-0.05, 0) is 54.2 Å². The molecule has 0 spiro atoms. The van der Waals surface area contributed by atoms with E-state index >= 15 is 0 Å². The van der Waals surface area contributed by atoms with Crippen LogP contribution < -0.4 is 16.0 Å². The maximum atomic E-state index is 13.7. The maximum Gasteiger partial charge on any atom is 0.270 e. The van der Waals surface area contributed by atoms with Gasteiger partial charge < -0.3 is 20.9 Å². The van der Waals surface area contributed by atoms with Crippen molar-refractivity contribution in [2.24, 2.45) is 13.0 Å². The van der Waals surface area contributed by atoms with Crippen LogP contribution in [0, 0.1) is 5.92 Å². The number of nitrogens with zero attached hydrogens (tertiary/aromatic N) is 4. The molecule has 3 aromatic rings. The Bertz CT molecular complexity index is 1560. The molecule has 1 aromatic heterocycles. The first-order valence-corrected chi connectivity index (χ1v) is 17.3. The molecule has 0 bridgehead atoms. The number of rotatable bonds is 12. The van der Waals surface area contributed by atoms with Gasteiger partial charge in [0.05, 0.1) is 0 Å². The quantitative estimate of drug-likeness (QED) is 0.264. The van der Waals surface area contributed by atoms with Crippen molar-refractivity contribution in [2.45, 2.75) is 70.5 Å². The average molecular weight is 676 g/mol. The Balaban J connectivity index is 1.20. The van der Waals surface area contributed by atoms with Gasteiger partial charge in [0, 0.05) is 69.5 Å². The smallest absolute Gasteiger partial charge is 0.270 e. The van der Waals surface area contributed by atoms with Crippen molar-refractivity contribution in [3.05, 3.63) is 82.6 Å². The number of hydrogen-bond donors (Lipinski definition) is 3. The van der Waals surface area contributed by atoms with Gasteiger partial charge in [-0.1, -0.05) is 68.1 Å². The molecule has 2 aliphatic rings. The molecule has 1 unspecified atom stereocenters. The highest BCUT2D eigenvalue weighted by molar-refractivity contribution is 6.31. The first-order chi connectivity index (χ1) is 23.2. The van der Waals surface area contributed by atoms with Gasteiger partial charge in [-0.15, -0.1) is 0 Å². The summed E-state index contributed by atoms with van der Waals surface area (Å²) >= 11 is 6.35. The zero-order valence-corrected chi connectivity index (χ0v) is 28.5. The van der Waals surface area contributed by atoms with Crippen molar-refractivity contribution in [3.8, 4) is 0 Å². The van der Waals surface area contributed by atoms with Crippen molar-refractivity contribution in [2.75, 3.05) is 31.5 Å². The Kier molecular flexibility index (Phi) is 12.2. The molecule has 3 N–H and O–H groups in total. The summed E-state index contributed by atoms with van der Waals surface area (Å²) in [7, 11) is 1.70. The summed E-state index contributed by atoms with van der Waals surface area (Å²) in [6.45, 7) is 5.03. The second-order valence-corrected chi connectivity index (χ2v) is 13.2. The molecular formula is C36H46ClN7O4. The van der Waals surface area contributed by atoms with Crippen molar-refractivity contribution in [1.29, 1.82) is 0 Å². The van der Waals surface area contributed by atoms with Crippen LogP contribution in [0.3, 0.4) is 0 Å². The van der Waals surface area contributed by atoms with Crippen molar-refractivity contribution in [3.63, 3.8) is 0 Å². The number of halogens is 1.